The predicted octanol–water partition coefficient (Wildman–Crippen LogP) is 2.76. The molecule has 3 unspecified atom stereocenters. The van der Waals surface area contributed by atoms with Gasteiger partial charge in [-0.05, 0) is 36.0 Å². The molecule has 1 rings (SSSR count). The lowest BCUT2D eigenvalue weighted by Gasteiger charge is -2.24. The van der Waals surface area contributed by atoms with Gasteiger partial charge in [0.1, 0.15) is 11.9 Å². The Morgan fingerprint density at radius 1 is 1.50 bits per heavy atom. The summed E-state index contributed by atoms with van der Waals surface area (Å²) in [6.07, 6.45) is 1.22. The minimum absolute atomic E-state index is 0.0936. The van der Waals surface area contributed by atoms with Gasteiger partial charge in [0, 0.05) is 0 Å². The highest BCUT2D eigenvalue weighted by molar-refractivity contribution is 5.73. The van der Waals surface area contributed by atoms with E-state index in [2.05, 4.69) is 0 Å². The van der Waals surface area contributed by atoms with Crippen molar-refractivity contribution in [2.45, 2.75) is 38.6 Å². The maximum absolute atomic E-state index is 13.2. The maximum Gasteiger partial charge on any atom is 0.320 e. The van der Waals surface area contributed by atoms with E-state index in [9.17, 15) is 9.18 Å². The number of carboxylic acid groups (broad SMARTS) is 1. The second-order valence-electron chi connectivity index (χ2n) is 4.69. The van der Waals surface area contributed by atoms with Crippen molar-refractivity contribution in [2.24, 2.45) is 11.7 Å². The number of rotatable bonds is 6. The van der Waals surface area contributed by atoms with E-state index in [0.717, 1.165) is 12.0 Å². The molecule has 0 saturated heterocycles. The van der Waals surface area contributed by atoms with Crippen molar-refractivity contribution in [1.29, 1.82) is 0 Å². The molecule has 18 heavy (non-hydrogen) atoms. The summed E-state index contributed by atoms with van der Waals surface area (Å²) in [7, 11) is 0. The number of hydrogen-bond donors (Lipinski definition) is 2. The van der Waals surface area contributed by atoms with E-state index in [4.69, 9.17) is 10.8 Å². The van der Waals surface area contributed by atoms with Crippen LogP contribution in [0.4, 0.5) is 4.39 Å². The van der Waals surface area contributed by atoms with Crippen molar-refractivity contribution in [2.75, 3.05) is 0 Å². The van der Waals surface area contributed by atoms with Crippen LogP contribution < -0.4 is 5.73 Å². The van der Waals surface area contributed by atoms with Crippen LogP contribution in [0, 0.1) is 11.7 Å². The first-order valence-corrected chi connectivity index (χ1v) is 6.19. The minimum Gasteiger partial charge on any atom is -0.480 e. The summed E-state index contributed by atoms with van der Waals surface area (Å²) in [6, 6.07) is 5.58. The topological polar surface area (TPSA) is 63.3 Å². The second-order valence-corrected chi connectivity index (χ2v) is 4.69. The molecule has 0 aliphatic rings. The summed E-state index contributed by atoms with van der Waals surface area (Å²) in [4.78, 5) is 10.8. The number of carboxylic acids is 1. The van der Waals surface area contributed by atoms with E-state index in [0.29, 0.717) is 6.42 Å². The highest BCUT2D eigenvalue weighted by Crippen LogP contribution is 2.30. The summed E-state index contributed by atoms with van der Waals surface area (Å²) in [5.41, 5.74) is 6.45. The van der Waals surface area contributed by atoms with Gasteiger partial charge in [-0.25, -0.2) is 4.39 Å². The average Bonchev–Trinajstić information content (AvgIpc) is 2.34. The van der Waals surface area contributed by atoms with Crippen LogP contribution in [0.25, 0.3) is 0 Å². The van der Waals surface area contributed by atoms with E-state index in [1.54, 1.807) is 6.07 Å². The molecule has 0 bridgehead atoms. The van der Waals surface area contributed by atoms with Crippen molar-refractivity contribution in [1.82, 2.24) is 0 Å². The SMILES string of the molecule is CCC(CC(N)C(=O)O)C(C)c1cccc(F)c1. The molecule has 0 heterocycles. The van der Waals surface area contributed by atoms with E-state index in [1.807, 2.05) is 19.9 Å². The van der Waals surface area contributed by atoms with Crippen molar-refractivity contribution in [3.05, 3.63) is 35.6 Å². The van der Waals surface area contributed by atoms with Crippen LogP contribution in [-0.2, 0) is 4.79 Å². The van der Waals surface area contributed by atoms with E-state index >= 15 is 0 Å². The van der Waals surface area contributed by atoms with Crippen molar-refractivity contribution >= 4 is 5.97 Å². The zero-order valence-corrected chi connectivity index (χ0v) is 10.8. The fourth-order valence-electron chi connectivity index (χ4n) is 2.21. The number of carbonyl (C=O) groups is 1. The number of nitrogens with two attached hydrogens (primary N) is 1. The van der Waals surface area contributed by atoms with Crippen LogP contribution in [0.2, 0.25) is 0 Å². The Labute approximate surface area is 107 Å². The fourth-order valence-corrected chi connectivity index (χ4v) is 2.21. The first-order chi connectivity index (χ1) is 8.45. The van der Waals surface area contributed by atoms with Crippen LogP contribution in [0.15, 0.2) is 24.3 Å². The van der Waals surface area contributed by atoms with E-state index in [1.165, 1.54) is 12.1 Å². The Balaban J connectivity index is 2.79. The first-order valence-electron chi connectivity index (χ1n) is 6.19. The van der Waals surface area contributed by atoms with Gasteiger partial charge in [0.2, 0.25) is 0 Å². The van der Waals surface area contributed by atoms with Gasteiger partial charge in [-0.2, -0.15) is 0 Å². The van der Waals surface area contributed by atoms with Crippen LogP contribution in [0.1, 0.15) is 38.2 Å². The third kappa shape index (κ3) is 3.81. The molecule has 0 fully saturated rings. The van der Waals surface area contributed by atoms with Gasteiger partial charge in [0.25, 0.3) is 0 Å². The molecule has 3 nitrogen and oxygen atoms in total. The molecule has 0 aliphatic carbocycles. The summed E-state index contributed by atoms with van der Waals surface area (Å²) in [5.74, 6) is -1.02. The molecule has 4 heteroatoms. The highest BCUT2D eigenvalue weighted by atomic mass is 19.1. The number of aliphatic carboxylic acids is 1. The number of halogens is 1. The van der Waals surface area contributed by atoms with Crippen LogP contribution in [-0.4, -0.2) is 17.1 Å². The minimum atomic E-state index is -0.986. The first kappa shape index (κ1) is 14.6. The van der Waals surface area contributed by atoms with Gasteiger partial charge in [-0.3, -0.25) is 4.79 Å². The maximum atomic E-state index is 13.2. The Morgan fingerprint density at radius 3 is 2.67 bits per heavy atom. The van der Waals surface area contributed by atoms with Crippen LogP contribution in [0.3, 0.4) is 0 Å². The second kappa shape index (κ2) is 6.50. The standard InChI is InChI=1S/C14H20FNO2/c1-3-10(8-13(16)14(17)18)9(2)11-5-4-6-12(15)7-11/h4-7,9-10,13H,3,8,16H2,1-2H3,(H,17,18). The lowest BCUT2D eigenvalue weighted by atomic mass is 9.82. The molecule has 0 saturated carbocycles. The molecular weight excluding hydrogens is 233 g/mol. The zero-order chi connectivity index (χ0) is 13.7. The van der Waals surface area contributed by atoms with Gasteiger partial charge in [0.05, 0.1) is 0 Å². The Kier molecular flexibility index (Phi) is 5.28. The average molecular weight is 253 g/mol. The molecular formula is C14H20FNO2. The largest absolute Gasteiger partial charge is 0.480 e. The molecule has 1 aromatic rings. The Bertz CT molecular complexity index is 409. The Hall–Kier alpha value is -1.42. The smallest absolute Gasteiger partial charge is 0.320 e. The van der Waals surface area contributed by atoms with Crippen molar-refractivity contribution in [3.63, 3.8) is 0 Å². The quantitative estimate of drug-likeness (QED) is 0.819. The van der Waals surface area contributed by atoms with Gasteiger partial charge < -0.3 is 10.8 Å². The number of benzene rings is 1. The molecule has 3 atom stereocenters. The van der Waals surface area contributed by atoms with Gasteiger partial charge in [0.15, 0.2) is 0 Å². The Morgan fingerprint density at radius 2 is 2.17 bits per heavy atom. The molecule has 0 aliphatic heterocycles. The van der Waals surface area contributed by atoms with Gasteiger partial charge in [-0.15, -0.1) is 0 Å². The molecule has 0 amide bonds. The molecule has 0 radical (unpaired) electrons. The van der Waals surface area contributed by atoms with Crippen LogP contribution >= 0.6 is 0 Å². The van der Waals surface area contributed by atoms with E-state index < -0.39 is 12.0 Å². The van der Waals surface area contributed by atoms with Crippen molar-refractivity contribution in [3.8, 4) is 0 Å². The lowest BCUT2D eigenvalue weighted by Crippen LogP contribution is -2.33. The lowest BCUT2D eigenvalue weighted by molar-refractivity contribution is -0.139. The molecule has 0 aromatic heterocycles. The molecule has 0 spiro atoms. The molecule has 1 aromatic carbocycles. The third-order valence-corrected chi connectivity index (χ3v) is 3.48. The number of hydrogen-bond acceptors (Lipinski definition) is 2. The summed E-state index contributed by atoms with van der Waals surface area (Å²) >= 11 is 0. The third-order valence-electron chi connectivity index (χ3n) is 3.48. The van der Waals surface area contributed by atoms with Crippen molar-refractivity contribution < 1.29 is 14.3 Å². The zero-order valence-electron chi connectivity index (χ0n) is 10.8. The van der Waals surface area contributed by atoms with Gasteiger partial charge in [-0.1, -0.05) is 32.4 Å². The summed E-state index contributed by atoms with van der Waals surface area (Å²) < 4.78 is 13.2. The highest BCUT2D eigenvalue weighted by Gasteiger charge is 2.23. The molecule has 100 valence electrons. The molecule has 3 N–H and O–H groups in total. The normalized spacial score (nSPS) is 16.0. The fraction of sp³-hybridized carbons (Fsp3) is 0.500. The van der Waals surface area contributed by atoms with Gasteiger partial charge >= 0.3 is 5.97 Å². The van der Waals surface area contributed by atoms with E-state index in [-0.39, 0.29) is 17.7 Å². The summed E-state index contributed by atoms with van der Waals surface area (Å²) in [5, 5.41) is 8.84. The van der Waals surface area contributed by atoms with Crippen LogP contribution in [0.5, 0.6) is 0 Å². The monoisotopic (exact) mass is 253 g/mol. The predicted molar refractivity (Wildman–Crippen MR) is 68.8 cm³/mol. The summed E-state index contributed by atoms with van der Waals surface area (Å²) in [6.45, 7) is 3.98.